The number of benzene rings is 2. The fourth-order valence-electron chi connectivity index (χ4n) is 5.58. The van der Waals surface area contributed by atoms with Crippen molar-refractivity contribution in [2.75, 3.05) is 38.1 Å². The Kier molecular flexibility index (Phi) is 8.82. The largest absolute Gasteiger partial charge is 0.373 e. The number of piperidine rings is 1. The van der Waals surface area contributed by atoms with E-state index in [2.05, 4.69) is 63.6 Å². The lowest BCUT2D eigenvalue weighted by atomic mass is 9.74. The Morgan fingerprint density at radius 2 is 1.87 bits per heavy atom. The molecule has 1 amide bonds. The summed E-state index contributed by atoms with van der Waals surface area (Å²) in [5.74, 6) is 0. The number of likely N-dealkylation sites (N-methyl/N-ethyl adjacent to an activating group) is 1. The molecule has 2 aliphatic heterocycles. The minimum atomic E-state index is 0.258. The van der Waals surface area contributed by atoms with Crippen LogP contribution >= 0.6 is 34.5 Å². The molecular formula is C30H31Cl2N5OS. The summed E-state index contributed by atoms with van der Waals surface area (Å²) in [6.07, 6.45) is 9.12. The van der Waals surface area contributed by atoms with Gasteiger partial charge in [0.25, 0.3) is 0 Å². The summed E-state index contributed by atoms with van der Waals surface area (Å²) in [4.78, 5) is 23.4. The van der Waals surface area contributed by atoms with Crippen molar-refractivity contribution < 1.29 is 4.79 Å². The van der Waals surface area contributed by atoms with Gasteiger partial charge in [0.15, 0.2) is 0 Å². The molecule has 0 unspecified atom stereocenters. The average molecular weight is 581 g/mol. The molecular weight excluding hydrogens is 549 g/mol. The molecule has 6 rings (SSSR count). The number of halogens is 2. The highest BCUT2D eigenvalue weighted by atomic mass is 35.5. The SMILES string of the molecule is CN1CC2(CCN(C/C=C/c3ccc(Cl)cc3)CC2)c2c1ccc1scnc21.O=CNCc1ccnc(Cl)c1. The fourth-order valence-corrected chi connectivity index (χ4v) is 6.58. The molecule has 2 aliphatic rings. The summed E-state index contributed by atoms with van der Waals surface area (Å²) in [6, 6.07) is 16.0. The zero-order valence-electron chi connectivity index (χ0n) is 21.8. The summed E-state index contributed by atoms with van der Waals surface area (Å²) in [5, 5.41) is 3.75. The van der Waals surface area contributed by atoms with Gasteiger partial charge in [-0.2, -0.15) is 0 Å². The van der Waals surface area contributed by atoms with Gasteiger partial charge in [-0.05, 0) is 73.5 Å². The Bertz CT molecular complexity index is 1450. The van der Waals surface area contributed by atoms with Gasteiger partial charge in [-0.15, -0.1) is 11.3 Å². The number of nitrogens with one attached hydrogen (secondary N) is 1. The van der Waals surface area contributed by atoms with Crippen LogP contribution in [0.5, 0.6) is 0 Å². The van der Waals surface area contributed by atoms with Crippen molar-refractivity contribution in [2.45, 2.75) is 24.8 Å². The zero-order chi connectivity index (χ0) is 27.2. The number of carbonyl (C=O) groups is 1. The van der Waals surface area contributed by atoms with Crippen molar-refractivity contribution in [3.63, 3.8) is 0 Å². The van der Waals surface area contributed by atoms with Gasteiger partial charge < -0.3 is 10.2 Å². The number of fused-ring (bicyclic) bond motifs is 4. The van der Waals surface area contributed by atoms with Gasteiger partial charge in [0.1, 0.15) is 5.15 Å². The Hall–Kier alpha value is -2.97. The number of hydrogen-bond acceptors (Lipinski definition) is 6. The molecule has 0 atom stereocenters. The monoisotopic (exact) mass is 579 g/mol. The Morgan fingerprint density at radius 1 is 1.08 bits per heavy atom. The predicted molar refractivity (Wildman–Crippen MR) is 163 cm³/mol. The highest BCUT2D eigenvalue weighted by molar-refractivity contribution is 7.16. The van der Waals surface area contributed by atoms with Gasteiger partial charge >= 0.3 is 0 Å². The number of pyridine rings is 1. The maximum Gasteiger partial charge on any atom is 0.207 e. The number of anilines is 1. The summed E-state index contributed by atoms with van der Waals surface area (Å²) in [6.45, 7) is 4.89. The van der Waals surface area contributed by atoms with Crippen molar-refractivity contribution in [3.05, 3.63) is 93.2 Å². The van der Waals surface area contributed by atoms with E-state index in [9.17, 15) is 4.79 Å². The van der Waals surface area contributed by atoms with E-state index in [-0.39, 0.29) is 5.41 Å². The Morgan fingerprint density at radius 3 is 2.62 bits per heavy atom. The summed E-state index contributed by atoms with van der Waals surface area (Å²) in [5.41, 5.74) is 8.52. The van der Waals surface area contributed by atoms with Crippen LogP contribution in [0.3, 0.4) is 0 Å². The van der Waals surface area contributed by atoms with Crippen LogP contribution in [0, 0.1) is 0 Å². The highest BCUT2D eigenvalue weighted by Gasteiger charge is 2.45. The summed E-state index contributed by atoms with van der Waals surface area (Å²) >= 11 is 13.3. The lowest BCUT2D eigenvalue weighted by Gasteiger charge is -2.39. The van der Waals surface area contributed by atoms with Crippen molar-refractivity contribution in [1.29, 1.82) is 0 Å². The van der Waals surface area contributed by atoms with Gasteiger partial charge in [0.2, 0.25) is 6.41 Å². The van der Waals surface area contributed by atoms with Crippen LogP contribution in [-0.4, -0.2) is 54.5 Å². The molecule has 0 aliphatic carbocycles. The Balaban J connectivity index is 0.000000237. The van der Waals surface area contributed by atoms with Gasteiger partial charge in [0.05, 0.1) is 15.7 Å². The second kappa shape index (κ2) is 12.5. The lowest BCUT2D eigenvalue weighted by molar-refractivity contribution is -0.109. The molecule has 2 aromatic carbocycles. The number of hydrogen-bond donors (Lipinski definition) is 1. The first-order valence-electron chi connectivity index (χ1n) is 13.0. The third kappa shape index (κ3) is 6.44. The van der Waals surface area contributed by atoms with E-state index < -0.39 is 0 Å². The quantitative estimate of drug-likeness (QED) is 0.211. The van der Waals surface area contributed by atoms with E-state index in [1.54, 1.807) is 29.7 Å². The normalized spacial score (nSPS) is 16.3. The molecule has 202 valence electrons. The van der Waals surface area contributed by atoms with Gasteiger partial charge in [0, 0.05) is 54.6 Å². The first-order valence-corrected chi connectivity index (χ1v) is 14.6. The molecule has 6 nitrogen and oxygen atoms in total. The molecule has 4 heterocycles. The molecule has 9 heteroatoms. The number of rotatable bonds is 6. The molecule has 2 aromatic heterocycles. The van der Waals surface area contributed by atoms with Crippen LogP contribution in [0.2, 0.25) is 10.2 Å². The van der Waals surface area contributed by atoms with E-state index in [4.69, 9.17) is 28.2 Å². The van der Waals surface area contributed by atoms with Gasteiger partial charge in [-0.3, -0.25) is 9.69 Å². The second-order valence-electron chi connectivity index (χ2n) is 10.0. The second-order valence-corrected chi connectivity index (χ2v) is 11.7. The zero-order valence-corrected chi connectivity index (χ0v) is 24.1. The Labute approximate surface area is 243 Å². The van der Waals surface area contributed by atoms with E-state index in [1.165, 1.54) is 39.9 Å². The highest BCUT2D eigenvalue weighted by Crippen LogP contribution is 2.49. The first-order chi connectivity index (χ1) is 19.0. The van der Waals surface area contributed by atoms with Gasteiger partial charge in [-0.1, -0.05) is 47.5 Å². The number of nitrogens with zero attached hydrogens (tertiary/aromatic N) is 4. The smallest absolute Gasteiger partial charge is 0.207 e. The molecule has 4 aromatic rings. The standard InChI is InChI=1S/C23H24ClN3S.C7H7ClN2O/c1-26-15-23(21-19(26)8-9-20-22(21)25-16-28-20)10-13-27(14-11-23)12-2-3-17-4-6-18(24)7-5-17;8-7-3-6(1-2-10-7)4-9-5-11/h2-9,16H,10-15H2,1H3;1-3,5H,4H2,(H,9,11)/b3-2+;. The molecule has 39 heavy (non-hydrogen) atoms. The van der Waals surface area contributed by atoms with Gasteiger partial charge in [-0.25, -0.2) is 9.97 Å². The molecule has 1 saturated heterocycles. The van der Waals surface area contributed by atoms with E-state index in [1.807, 2.05) is 17.6 Å². The molecule has 0 saturated carbocycles. The van der Waals surface area contributed by atoms with Crippen LogP contribution < -0.4 is 10.2 Å². The molecule has 1 spiro atoms. The minimum Gasteiger partial charge on any atom is -0.373 e. The van der Waals surface area contributed by atoms with Crippen LogP contribution in [0.15, 0.2) is 66.3 Å². The fraction of sp³-hybridized carbons (Fsp3) is 0.300. The molecule has 0 radical (unpaired) electrons. The minimum absolute atomic E-state index is 0.258. The van der Waals surface area contributed by atoms with Crippen molar-refractivity contribution in [2.24, 2.45) is 0 Å². The molecule has 1 fully saturated rings. The number of thiazole rings is 1. The third-order valence-electron chi connectivity index (χ3n) is 7.50. The van der Waals surface area contributed by atoms with E-state index in [0.29, 0.717) is 18.1 Å². The van der Waals surface area contributed by atoms with Crippen LogP contribution in [0.4, 0.5) is 5.69 Å². The van der Waals surface area contributed by atoms with E-state index in [0.717, 1.165) is 36.8 Å². The maximum atomic E-state index is 9.90. The number of carbonyl (C=O) groups excluding carboxylic acids is 1. The van der Waals surface area contributed by atoms with Crippen molar-refractivity contribution >= 4 is 62.9 Å². The van der Waals surface area contributed by atoms with E-state index >= 15 is 0 Å². The maximum absolute atomic E-state index is 9.90. The number of likely N-dealkylation sites (tertiary alicyclic amines) is 1. The topological polar surface area (TPSA) is 61.4 Å². The molecule has 1 N–H and O–H groups in total. The summed E-state index contributed by atoms with van der Waals surface area (Å²) < 4.78 is 1.32. The van der Waals surface area contributed by atoms with Crippen molar-refractivity contribution in [3.8, 4) is 0 Å². The lowest BCUT2D eigenvalue weighted by Crippen LogP contribution is -2.44. The number of amides is 1. The van der Waals surface area contributed by atoms with Crippen LogP contribution in [-0.2, 0) is 16.8 Å². The molecule has 0 bridgehead atoms. The van der Waals surface area contributed by atoms with Crippen LogP contribution in [0.25, 0.3) is 16.3 Å². The van der Waals surface area contributed by atoms with Crippen molar-refractivity contribution in [1.82, 2.24) is 20.2 Å². The number of aromatic nitrogens is 2. The average Bonchev–Trinajstić information content (AvgIpc) is 3.53. The third-order valence-corrected chi connectivity index (χ3v) is 8.75. The predicted octanol–water partition coefficient (Wildman–Crippen LogP) is 6.43. The van der Waals surface area contributed by atoms with Crippen LogP contribution in [0.1, 0.15) is 29.5 Å². The first kappa shape index (κ1) is 27.6. The summed E-state index contributed by atoms with van der Waals surface area (Å²) in [7, 11) is 2.23.